The second-order valence-electron chi connectivity index (χ2n) is 5.95. The lowest BCUT2D eigenvalue weighted by Crippen LogP contribution is -2.40. The van der Waals surface area contributed by atoms with Crippen molar-refractivity contribution in [3.05, 3.63) is 36.4 Å². The highest BCUT2D eigenvalue weighted by molar-refractivity contribution is 8.00. The van der Waals surface area contributed by atoms with Gasteiger partial charge in [-0.3, -0.25) is 4.79 Å². The summed E-state index contributed by atoms with van der Waals surface area (Å²) < 4.78 is 0. The number of hydrogen-bond donors (Lipinski definition) is 1. The van der Waals surface area contributed by atoms with Crippen LogP contribution in [0, 0.1) is 0 Å². The fourth-order valence-corrected chi connectivity index (χ4v) is 3.75. The molecule has 1 N–H and O–H groups in total. The van der Waals surface area contributed by atoms with E-state index < -0.39 is 0 Å². The van der Waals surface area contributed by atoms with Crippen LogP contribution in [0.25, 0.3) is 10.9 Å². The first-order valence-corrected chi connectivity index (χ1v) is 8.93. The maximum Gasteiger partial charge on any atom is 0.233 e. The first-order valence-electron chi connectivity index (χ1n) is 8.05. The number of para-hydroxylation sites is 1. The summed E-state index contributed by atoms with van der Waals surface area (Å²) in [7, 11) is 0. The molecule has 1 aliphatic carbocycles. The Morgan fingerprint density at radius 3 is 2.77 bits per heavy atom. The van der Waals surface area contributed by atoms with E-state index in [1.165, 1.54) is 31.0 Å². The molecule has 0 saturated heterocycles. The van der Waals surface area contributed by atoms with E-state index in [-0.39, 0.29) is 11.2 Å². The highest BCUT2D eigenvalue weighted by atomic mass is 32.2. The minimum Gasteiger partial charge on any atom is -0.352 e. The van der Waals surface area contributed by atoms with E-state index in [4.69, 9.17) is 0 Å². The van der Waals surface area contributed by atoms with E-state index in [0.717, 1.165) is 28.8 Å². The van der Waals surface area contributed by atoms with E-state index in [2.05, 4.69) is 22.4 Å². The molecule has 1 aromatic heterocycles. The summed E-state index contributed by atoms with van der Waals surface area (Å²) in [6, 6.07) is 12.5. The second kappa shape index (κ2) is 7.14. The molecule has 0 spiro atoms. The highest BCUT2D eigenvalue weighted by Crippen LogP contribution is 2.25. The van der Waals surface area contributed by atoms with Gasteiger partial charge in [0.15, 0.2) is 0 Å². The van der Waals surface area contributed by atoms with Gasteiger partial charge in [0.1, 0.15) is 0 Å². The number of pyridine rings is 1. The van der Waals surface area contributed by atoms with Gasteiger partial charge in [0, 0.05) is 11.4 Å². The van der Waals surface area contributed by atoms with Crippen molar-refractivity contribution < 1.29 is 4.79 Å². The van der Waals surface area contributed by atoms with Crippen LogP contribution in [0.15, 0.2) is 41.4 Å². The number of fused-ring (bicyclic) bond motifs is 1. The van der Waals surface area contributed by atoms with Crippen molar-refractivity contribution in [1.82, 2.24) is 10.3 Å². The molecule has 0 bridgehead atoms. The van der Waals surface area contributed by atoms with Gasteiger partial charge in [-0.25, -0.2) is 4.98 Å². The third-order valence-corrected chi connectivity index (χ3v) is 5.23. The molecule has 116 valence electrons. The highest BCUT2D eigenvalue weighted by Gasteiger charge is 2.20. The Balaban J connectivity index is 1.61. The van der Waals surface area contributed by atoms with Crippen molar-refractivity contribution in [3.63, 3.8) is 0 Å². The summed E-state index contributed by atoms with van der Waals surface area (Å²) in [6.45, 7) is 1.96. The maximum atomic E-state index is 12.3. The predicted molar refractivity (Wildman–Crippen MR) is 92.1 cm³/mol. The molecule has 1 saturated carbocycles. The number of nitrogens with one attached hydrogen (secondary N) is 1. The number of carbonyl (C=O) groups excluding carboxylic acids is 1. The largest absolute Gasteiger partial charge is 0.352 e. The number of thioether (sulfide) groups is 1. The van der Waals surface area contributed by atoms with E-state index in [0.29, 0.717) is 6.04 Å². The van der Waals surface area contributed by atoms with Gasteiger partial charge >= 0.3 is 0 Å². The maximum absolute atomic E-state index is 12.3. The molecular formula is C18H22N2OS. The number of benzene rings is 1. The molecule has 1 heterocycles. The van der Waals surface area contributed by atoms with Crippen LogP contribution in [0.2, 0.25) is 0 Å². The Hall–Kier alpha value is -1.55. The van der Waals surface area contributed by atoms with Gasteiger partial charge in [-0.1, -0.05) is 55.3 Å². The molecule has 4 heteroatoms. The summed E-state index contributed by atoms with van der Waals surface area (Å²) >= 11 is 1.53. The summed E-state index contributed by atoms with van der Waals surface area (Å²) in [6.07, 6.45) is 6.02. The molecular weight excluding hydrogens is 292 g/mol. The van der Waals surface area contributed by atoms with E-state index in [1.54, 1.807) is 0 Å². The van der Waals surface area contributed by atoms with Crippen molar-refractivity contribution in [2.45, 2.75) is 55.3 Å². The Morgan fingerprint density at radius 1 is 1.18 bits per heavy atom. The van der Waals surface area contributed by atoms with Gasteiger partial charge < -0.3 is 5.32 Å². The standard InChI is InChI=1S/C18H22N2OS/c1-13(18(21)19-15-8-3-2-4-9-15)22-17-12-11-14-7-5-6-10-16(14)20-17/h5-7,10-13,15H,2-4,8-9H2,1H3,(H,19,21)/t13-/m1/s1. The number of hydrogen-bond acceptors (Lipinski definition) is 3. The van der Waals surface area contributed by atoms with Crippen LogP contribution in [0.5, 0.6) is 0 Å². The zero-order valence-electron chi connectivity index (χ0n) is 12.9. The molecule has 1 fully saturated rings. The van der Waals surface area contributed by atoms with Crippen molar-refractivity contribution in [1.29, 1.82) is 0 Å². The summed E-state index contributed by atoms with van der Waals surface area (Å²) in [5.74, 6) is 0.131. The van der Waals surface area contributed by atoms with Crippen LogP contribution in [0.1, 0.15) is 39.0 Å². The van der Waals surface area contributed by atoms with Crippen LogP contribution in [-0.2, 0) is 4.79 Å². The van der Waals surface area contributed by atoms with Gasteiger partial charge in [-0.2, -0.15) is 0 Å². The zero-order chi connectivity index (χ0) is 15.4. The first kappa shape index (κ1) is 15.3. The topological polar surface area (TPSA) is 42.0 Å². The van der Waals surface area contributed by atoms with Gasteiger partial charge in [-0.05, 0) is 31.9 Å². The SMILES string of the molecule is C[C@@H](Sc1ccc2ccccc2n1)C(=O)NC1CCCCC1. The van der Waals surface area contributed by atoms with Crippen molar-refractivity contribution in [3.8, 4) is 0 Å². The quantitative estimate of drug-likeness (QED) is 0.861. The molecule has 22 heavy (non-hydrogen) atoms. The molecule has 1 amide bonds. The monoisotopic (exact) mass is 314 g/mol. The van der Waals surface area contributed by atoms with Gasteiger partial charge in [0.05, 0.1) is 15.8 Å². The van der Waals surface area contributed by atoms with Crippen LogP contribution in [-0.4, -0.2) is 22.2 Å². The smallest absolute Gasteiger partial charge is 0.233 e. The molecule has 2 aromatic rings. The summed E-state index contributed by atoms with van der Waals surface area (Å²) in [5.41, 5.74) is 0.979. The number of nitrogens with zero attached hydrogens (tertiary/aromatic N) is 1. The van der Waals surface area contributed by atoms with Gasteiger partial charge in [0.25, 0.3) is 0 Å². The van der Waals surface area contributed by atoms with Crippen molar-refractivity contribution in [2.75, 3.05) is 0 Å². The molecule has 3 nitrogen and oxygen atoms in total. The van der Waals surface area contributed by atoms with Crippen LogP contribution < -0.4 is 5.32 Å². The lowest BCUT2D eigenvalue weighted by Gasteiger charge is -2.24. The third kappa shape index (κ3) is 3.80. The number of aromatic nitrogens is 1. The molecule has 0 aliphatic heterocycles. The Bertz CT molecular complexity index is 652. The first-order chi connectivity index (χ1) is 10.7. The minimum absolute atomic E-state index is 0.115. The molecule has 1 atom stereocenters. The average molecular weight is 314 g/mol. The molecule has 1 aliphatic rings. The lowest BCUT2D eigenvalue weighted by atomic mass is 9.95. The van der Waals surface area contributed by atoms with E-state index in [9.17, 15) is 4.79 Å². The molecule has 0 radical (unpaired) electrons. The summed E-state index contributed by atoms with van der Waals surface area (Å²) in [5, 5.41) is 5.11. The number of amides is 1. The normalized spacial score (nSPS) is 17.3. The van der Waals surface area contributed by atoms with Gasteiger partial charge in [-0.15, -0.1) is 0 Å². The van der Waals surface area contributed by atoms with Crippen LogP contribution >= 0.6 is 11.8 Å². The Labute approximate surface area is 135 Å². The zero-order valence-corrected chi connectivity index (χ0v) is 13.7. The van der Waals surface area contributed by atoms with Gasteiger partial charge in [0.2, 0.25) is 5.91 Å². The fourth-order valence-electron chi connectivity index (χ4n) is 2.91. The Morgan fingerprint density at radius 2 is 1.95 bits per heavy atom. The van der Waals surface area contributed by atoms with Crippen LogP contribution in [0.4, 0.5) is 0 Å². The Kier molecular flexibility index (Phi) is 4.98. The molecule has 0 unspecified atom stereocenters. The molecule has 3 rings (SSSR count). The van der Waals surface area contributed by atoms with E-state index in [1.807, 2.05) is 31.2 Å². The average Bonchev–Trinajstić information content (AvgIpc) is 2.55. The minimum atomic E-state index is -0.115. The summed E-state index contributed by atoms with van der Waals surface area (Å²) in [4.78, 5) is 16.9. The van der Waals surface area contributed by atoms with Crippen LogP contribution in [0.3, 0.4) is 0 Å². The molecule has 1 aromatic carbocycles. The fraction of sp³-hybridized carbons (Fsp3) is 0.444. The second-order valence-corrected chi connectivity index (χ2v) is 7.31. The number of carbonyl (C=O) groups is 1. The van der Waals surface area contributed by atoms with E-state index >= 15 is 0 Å². The predicted octanol–water partition coefficient (Wildman–Crippen LogP) is 4.16. The number of rotatable bonds is 4. The van der Waals surface area contributed by atoms with Crippen molar-refractivity contribution >= 4 is 28.6 Å². The van der Waals surface area contributed by atoms with Crippen molar-refractivity contribution in [2.24, 2.45) is 0 Å². The lowest BCUT2D eigenvalue weighted by molar-refractivity contribution is -0.121. The third-order valence-electron chi connectivity index (χ3n) is 4.19.